The minimum atomic E-state index is -2.98. The Balaban J connectivity index is 1.77. The monoisotopic (exact) mass is 440 g/mol. The van der Waals surface area contributed by atoms with E-state index in [0.717, 1.165) is 20.6 Å². The minimum absolute atomic E-state index is 0.0321. The third kappa shape index (κ3) is 4.76. The van der Waals surface area contributed by atoms with Crippen molar-refractivity contribution in [3.8, 4) is 0 Å². The number of sulfone groups is 1. The first-order valence-corrected chi connectivity index (χ1v) is 12.2. The van der Waals surface area contributed by atoms with Gasteiger partial charge < -0.3 is 4.57 Å². The SMILES string of the molecule is C=CCN(CC(=O)c1cc(C)n(C2CCS(=O)(=O)C2)c1C)Cc1ccc(Cl)s1. The van der Waals surface area contributed by atoms with Crippen LogP contribution in [0.15, 0.2) is 30.9 Å². The molecule has 5 nitrogen and oxygen atoms in total. The topological polar surface area (TPSA) is 59.4 Å². The molecule has 1 aliphatic rings. The maximum Gasteiger partial charge on any atom is 0.178 e. The first-order valence-electron chi connectivity index (χ1n) is 9.19. The van der Waals surface area contributed by atoms with Gasteiger partial charge in [-0.3, -0.25) is 9.69 Å². The highest BCUT2D eigenvalue weighted by atomic mass is 35.5. The van der Waals surface area contributed by atoms with Crippen molar-refractivity contribution in [3.63, 3.8) is 0 Å². The molecule has 0 amide bonds. The summed E-state index contributed by atoms with van der Waals surface area (Å²) in [7, 11) is -2.98. The molecule has 2 aromatic heterocycles. The van der Waals surface area contributed by atoms with E-state index in [1.54, 1.807) is 6.08 Å². The number of rotatable bonds is 8. The van der Waals surface area contributed by atoms with Crippen molar-refractivity contribution in [2.75, 3.05) is 24.6 Å². The number of carbonyl (C=O) groups is 1. The first-order chi connectivity index (χ1) is 13.2. The zero-order valence-corrected chi connectivity index (χ0v) is 18.5. The molecule has 0 radical (unpaired) electrons. The van der Waals surface area contributed by atoms with Crippen LogP contribution in [0.4, 0.5) is 0 Å². The standard InChI is InChI=1S/C20H25ClN2O3S2/c1-4-8-22(11-17-5-6-20(21)27-17)12-19(24)18-10-14(2)23(15(18)3)16-7-9-28(25,26)13-16/h4-6,10,16H,1,7-9,11-13H2,2-3H3. The van der Waals surface area contributed by atoms with Crippen LogP contribution >= 0.6 is 22.9 Å². The van der Waals surface area contributed by atoms with E-state index in [-0.39, 0.29) is 29.9 Å². The molecule has 8 heteroatoms. The molecule has 0 spiro atoms. The average molecular weight is 441 g/mol. The molecule has 0 aliphatic carbocycles. The molecule has 1 aliphatic heterocycles. The van der Waals surface area contributed by atoms with Crippen molar-refractivity contribution in [3.05, 3.63) is 57.0 Å². The minimum Gasteiger partial charge on any atom is -0.344 e. The highest BCUT2D eigenvalue weighted by Crippen LogP contribution is 2.29. The molecule has 0 bridgehead atoms. The third-order valence-electron chi connectivity index (χ3n) is 5.12. The number of hydrogen-bond acceptors (Lipinski definition) is 5. The van der Waals surface area contributed by atoms with Crippen LogP contribution in [-0.2, 0) is 16.4 Å². The van der Waals surface area contributed by atoms with Crippen molar-refractivity contribution in [1.82, 2.24) is 9.47 Å². The van der Waals surface area contributed by atoms with Gasteiger partial charge in [0.2, 0.25) is 0 Å². The molecule has 1 saturated heterocycles. The van der Waals surface area contributed by atoms with Gasteiger partial charge in [0, 0.05) is 41.0 Å². The Hall–Kier alpha value is -1.41. The number of Topliss-reactive ketones (excluding diaryl/α,β-unsaturated/α-hetero) is 1. The molecule has 0 saturated carbocycles. The summed E-state index contributed by atoms with van der Waals surface area (Å²) in [6.07, 6.45) is 2.39. The predicted molar refractivity (Wildman–Crippen MR) is 115 cm³/mol. The van der Waals surface area contributed by atoms with Crippen LogP contribution in [0, 0.1) is 13.8 Å². The van der Waals surface area contributed by atoms with Gasteiger partial charge in [0.25, 0.3) is 0 Å². The van der Waals surface area contributed by atoms with Gasteiger partial charge in [-0.25, -0.2) is 8.42 Å². The van der Waals surface area contributed by atoms with Gasteiger partial charge in [-0.15, -0.1) is 17.9 Å². The van der Waals surface area contributed by atoms with Crippen LogP contribution in [0.2, 0.25) is 4.34 Å². The van der Waals surface area contributed by atoms with Gasteiger partial charge in [-0.1, -0.05) is 17.7 Å². The number of thiophene rings is 1. The maximum absolute atomic E-state index is 13.0. The van der Waals surface area contributed by atoms with Crippen LogP contribution in [0.5, 0.6) is 0 Å². The number of hydrogen-bond donors (Lipinski definition) is 0. The first kappa shape index (κ1) is 21.3. The van der Waals surface area contributed by atoms with Crippen LogP contribution < -0.4 is 0 Å². The smallest absolute Gasteiger partial charge is 0.178 e. The predicted octanol–water partition coefficient (Wildman–Crippen LogP) is 4.05. The normalized spacial score (nSPS) is 18.6. The zero-order chi connectivity index (χ0) is 20.5. The summed E-state index contributed by atoms with van der Waals surface area (Å²) >= 11 is 7.52. The molecule has 3 heterocycles. The molecule has 3 rings (SSSR count). The van der Waals surface area contributed by atoms with E-state index >= 15 is 0 Å². The second-order valence-corrected chi connectivity index (χ2v) is 11.3. The van der Waals surface area contributed by atoms with E-state index in [2.05, 4.69) is 6.58 Å². The van der Waals surface area contributed by atoms with Crippen molar-refractivity contribution in [2.24, 2.45) is 0 Å². The fraction of sp³-hybridized carbons (Fsp3) is 0.450. The highest BCUT2D eigenvalue weighted by molar-refractivity contribution is 7.91. The van der Waals surface area contributed by atoms with Crippen molar-refractivity contribution < 1.29 is 13.2 Å². The van der Waals surface area contributed by atoms with Crippen molar-refractivity contribution >= 4 is 38.6 Å². The van der Waals surface area contributed by atoms with Crippen LogP contribution in [-0.4, -0.2) is 48.3 Å². The third-order valence-corrected chi connectivity index (χ3v) is 8.09. The fourth-order valence-electron chi connectivity index (χ4n) is 3.91. The summed E-state index contributed by atoms with van der Waals surface area (Å²) in [5.74, 6) is 0.400. The summed E-state index contributed by atoms with van der Waals surface area (Å²) in [5.41, 5.74) is 2.45. The van der Waals surface area contributed by atoms with E-state index in [9.17, 15) is 13.2 Å². The van der Waals surface area contributed by atoms with E-state index in [1.807, 2.05) is 41.5 Å². The molecule has 28 heavy (non-hydrogen) atoms. The highest BCUT2D eigenvalue weighted by Gasteiger charge is 2.31. The Morgan fingerprint density at radius 2 is 2.18 bits per heavy atom. The summed E-state index contributed by atoms with van der Waals surface area (Å²) in [6.45, 7) is 9.14. The van der Waals surface area contributed by atoms with Gasteiger partial charge >= 0.3 is 0 Å². The lowest BCUT2D eigenvalue weighted by molar-refractivity contribution is 0.0934. The summed E-state index contributed by atoms with van der Waals surface area (Å²) in [5, 5.41) is 0. The van der Waals surface area contributed by atoms with Crippen molar-refractivity contribution in [2.45, 2.75) is 32.9 Å². The molecule has 1 atom stereocenters. The Labute approximate surface area is 175 Å². The molecule has 1 unspecified atom stereocenters. The number of aryl methyl sites for hydroxylation is 1. The summed E-state index contributed by atoms with van der Waals surface area (Å²) < 4.78 is 26.5. The summed E-state index contributed by atoms with van der Waals surface area (Å²) in [4.78, 5) is 16.2. The van der Waals surface area contributed by atoms with Gasteiger partial charge in [-0.05, 0) is 38.5 Å². The second kappa shape index (κ2) is 8.53. The average Bonchev–Trinajstić information content (AvgIpc) is 3.25. The second-order valence-electron chi connectivity index (χ2n) is 7.30. The van der Waals surface area contributed by atoms with Gasteiger partial charge in [0.1, 0.15) is 0 Å². The Morgan fingerprint density at radius 1 is 1.43 bits per heavy atom. The van der Waals surface area contributed by atoms with Gasteiger partial charge in [-0.2, -0.15) is 0 Å². The maximum atomic E-state index is 13.0. The van der Waals surface area contributed by atoms with E-state index < -0.39 is 9.84 Å². The van der Waals surface area contributed by atoms with E-state index in [0.29, 0.717) is 25.1 Å². The van der Waals surface area contributed by atoms with Crippen LogP contribution in [0.3, 0.4) is 0 Å². The molecule has 0 aromatic carbocycles. The lowest BCUT2D eigenvalue weighted by atomic mass is 10.1. The molecule has 1 fully saturated rings. The number of halogens is 1. The van der Waals surface area contributed by atoms with Crippen LogP contribution in [0.25, 0.3) is 0 Å². The quantitative estimate of drug-likeness (QED) is 0.459. The van der Waals surface area contributed by atoms with Crippen molar-refractivity contribution in [1.29, 1.82) is 0 Å². The number of nitrogens with zero attached hydrogens (tertiary/aromatic N) is 2. The fourth-order valence-corrected chi connectivity index (χ4v) is 6.74. The van der Waals surface area contributed by atoms with Crippen LogP contribution in [0.1, 0.15) is 39.1 Å². The number of ketones is 1. The van der Waals surface area contributed by atoms with Gasteiger partial charge in [0.05, 0.1) is 22.4 Å². The van der Waals surface area contributed by atoms with Gasteiger partial charge in [0.15, 0.2) is 15.6 Å². The Morgan fingerprint density at radius 3 is 2.75 bits per heavy atom. The van der Waals surface area contributed by atoms with E-state index in [4.69, 9.17) is 11.6 Å². The summed E-state index contributed by atoms with van der Waals surface area (Å²) in [6, 6.07) is 5.64. The number of aromatic nitrogens is 1. The lowest BCUT2D eigenvalue weighted by Crippen LogP contribution is -2.29. The molecule has 0 N–H and O–H groups in total. The van der Waals surface area contributed by atoms with E-state index in [1.165, 1.54) is 11.3 Å². The number of carbonyl (C=O) groups excluding carboxylic acids is 1. The Bertz CT molecular complexity index is 991. The molecule has 2 aromatic rings. The largest absolute Gasteiger partial charge is 0.344 e. The molecular formula is C20H25ClN2O3S2. The lowest BCUT2D eigenvalue weighted by Gasteiger charge is -2.19. The zero-order valence-electron chi connectivity index (χ0n) is 16.2. The Kier molecular flexibility index (Phi) is 6.49. The molecular weight excluding hydrogens is 416 g/mol. The molecule has 152 valence electrons.